The summed E-state index contributed by atoms with van der Waals surface area (Å²) in [5.74, 6) is 0. The summed E-state index contributed by atoms with van der Waals surface area (Å²) < 4.78 is 2.39. The number of para-hydroxylation sites is 2. The van der Waals surface area contributed by atoms with E-state index in [4.69, 9.17) is 0 Å². The summed E-state index contributed by atoms with van der Waals surface area (Å²) in [5.41, 5.74) is 8.42. The van der Waals surface area contributed by atoms with Crippen molar-refractivity contribution in [2.75, 3.05) is 11.9 Å². The molecule has 37 heavy (non-hydrogen) atoms. The molecule has 0 aliphatic rings. The van der Waals surface area contributed by atoms with Crippen LogP contribution in [0.1, 0.15) is 0 Å². The number of hydrogen-bond donors (Lipinski definition) is 0. The smallest absolute Gasteiger partial charge is 0.0547 e. The van der Waals surface area contributed by atoms with Gasteiger partial charge in [-0.25, -0.2) is 0 Å². The van der Waals surface area contributed by atoms with E-state index in [2.05, 4.69) is 150 Å². The molecule has 0 radical (unpaired) electrons. The van der Waals surface area contributed by atoms with Gasteiger partial charge in [0.05, 0.1) is 11.0 Å². The molecule has 0 atom stereocenters. The number of hydrogen-bond acceptors (Lipinski definition) is 1. The lowest BCUT2D eigenvalue weighted by Gasteiger charge is -2.19. The molecule has 0 aliphatic heterocycles. The Hall–Kier alpha value is -4.82. The van der Waals surface area contributed by atoms with Crippen molar-refractivity contribution in [3.8, 4) is 16.8 Å². The molecule has 6 aromatic carbocycles. The summed E-state index contributed by atoms with van der Waals surface area (Å²) in [5, 5.41) is 5.07. The predicted molar refractivity (Wildman–Crippen MR) is 158 cm³/mol. The largest absolute Gasteiger partial charge is 0.345 e. The van der Waals surface area contributed by atoms with Crippen LogP contribution in [0, 0.1) is 0 Å². The van der Waals surface area contributed by atoms with Gasteiger partial charge in [0.15, 0.2) is 0 Å². The van der Waals surface area contributed by atoms with Gasteiger partial charge in [0, 0.05) is 34.9 Å². The van der Waals surface area contributed by atoms with Crippen LogP contribution in [0.2, 0.25) is 0 Å². The van der Waals surface area contributed by atoms with Gasteiger partial charge in [-0.3, -0.25) is 0 Å². The van der Waals surface area contributed by atoms with Gasteiger partial charge < -0.3 is 9.47 Å². The third-order valence-electron chi connectivity index (χ3n) is 7.38. The van der Waals surface area contributed by atoms with Gasteiger partial charge in [-0.1, -0.05) is 78.9 Å². The van der Waals surface area contributed by atoms with Crippen LogP contribution in [0.5, 0.6) is 0 Å². The molecule has 2 nitrogen and oxygen atoms in total. The molecule has 2 heteroatoms. The fourth-order valence-electron chi connectivity index (χ4n) is 5.42. The van der Waals surface area contributed by atoms with Gasteiger partial charge >= 0.3 is 0 Å². The van der Waals surface area contributed by atoms with Gasteiger partial charge in [0.2, 0.25) is 0 Å². The Kier molecular flexibility index (Phi) is 5.04. The summed E-state index contributed by atoms with van der Waals surface area (Å²) in [4.78, 5) is 2.21. The molecule has 0 unspecified atom stereocenters. The van der Waals surface area contributed by atoms with Crippen LogP contribution in [0.4, 0.5) is 11.4 Å². The average molecular weight is 475 g/mol. The monoisotopic (exact) mass is 474 g/mol. The molecule has 0 aliphatic carbocycles. The van der Waals surface area contributed by atoms with E-state index in [1.807, 2.05) is 6.07 Å². The SMILES string of the molecule is CN(c1ccccc1)c1ccc(-c2ccc3c(c2)c2cc4ccccc4cc2n3-c2ccccc2)cc1. The highest BCUT2D eigenvalue weighted by Gasteiger charge is 2.14. The van der Waals surface area contributed by atoms with Crippen LogP contribution in [0.15, 0.2) is 140 Å². The average Bonchev–Trinajstić information content (AvgIpc) is 3.29. The standard InChI is InChI=1S/C35H26N2/c1-36(29-12-4-2-5-13-29)30-19-16-25(17-20-30)28-18-21-34-32(23-28)33-22-26-10-8-9-11-27(26)24-35(33)37(34)31-14-6-3-7-15-31/h2-24H,1H3. The van der Waals surface area contributed by atoms with E-state index < -0.39 is 0 Å². The molecule has 176 valence electrons. The minimum Gasteiger partial charge on any atom is -0.345 e. The zero-order valence-corrected chi connectivity index (χ0v) is 20.7. The zero-order chi connectivity index (χ0) is 24.8. The molecular formula is C35H26N2. The van der Waals surface area contributed by atoms with Gasteiger partial charge in [0.1, 0.15) is 0 Å². The first kappa shape index (κ1) is 21.5. The molecule has 7 rings (SSSR count). The van der Waals surface area contributed by atoms with Crippen molar-refractivity contribution in [2.24, 2.45) is 0 Å². The second-order valence-corrected chi connectivity index (χ2v) is 9.56. The highest BCUT2D eigenvalue weighted by Crippen LogP contribution is 2.37. The molecule has 0 N–H and O–H groups in total. The molecule has 1 heterocycles. The summed E-state index contributed by atoms with van der Waals surface area (Å²) >= 11 is 0. The van der Waals surface area contributed by atoms with Crippen molar-refractivity contribution in [1.82, 2.24) is 4.57 Å². The molecule has 1 aromatic heterocycles. The minimum absolute atomic E-state index is 1.17. The maximum atomic E-state index is 2.39. The van der Waals surface area contributed by atoms with Crippen LogP contribution in [0.25, 0.3) is 49.4 Å². The molecular weight excluding hydrogens is 448 g/mol. The number of aromatic nitrogens is 1. The van der Waals surface area contributed by atoms with Crippen molar-refractivity contribution in [3.05, 3.63) is 140 Å². The van der Waals surface area contributed by atoms with Crippen LogP contribution in [-0.2, 0) is 0 Å². The molecule has 0 fully saturated rings. The van der Waals surface area contributed by atoms with Crippen molar-refractivity contribution in [3.63, 3.8) is 0 Å². The van der Waals surface area contributed by atoms with Crippen LogP contribution >= 0.6 is 0 Å². The Bertz CT molecular complexity index is 1860. The normalized spacial score (nSPS) is 11.4. The van der Waals surface area contributed by atoms with E-state index in [0.29, 0.717) is 0 Å². The van der Waals surface area contributed by atoms with Crippen molar-refractivity contribution < 1.29 is 0 Å². The summed E-state index contributed by atoms with van der Waals surface area (Å²) in [6.07, 6.45) is 0. The van der Waals surface area contributed by atoms with Crippen molar-refractivity contribution in [1.29, 1.82) is 0 Å². The van der Waals surface area contributed by atoms with Crippen LogP contribution in [0.3, 0.4) is 0 Å². The third-order valence-corrected chi connectivity index (χ3v) is 7.38. The lowest BCUT2D eigenvalue weighted by Crippen LogP contribution is -2.08. The molecule has 0 amide bonds. The van der Waals surface area contributed by atoms with Gasteiger partial charge in [0.25, 0.3) is 0 Å². The molecule has 0 saturated heterocycles. The van der Waals surface area contributed by atoms with Gasteiger partial charge in [-0.2, -0.15) is 0 Å². The maximum Gasteiger partial charge on any atom is 0.0547 e. The quantitative estimate of drug-likeness (QED) is 0.247. The summed E-state index contributed by atoms with van der Waals surface area (Å²) in [7, 11) is 2.11. The lowest BCUT2D eigenvalue weighted by atomic mass is 10.0. The van der Waals surface area contributed by atoms with E-state index in [1.54, 1.807) is 0 Å². The third kappa shape index (κ3) is 3.66. The Morgan fingerprint density at radius 3 is 1.76 bits per heavy atom. The van der Waals surface area contributed by atoms with Crippen LogP contribution < -0.4 is 4.90 Å². The first-order chi connectivity index (χ1) is 18.3. The molecule has 0 bridgehead atoms. The zero-order valence-electron chi connectivity index (χ0n) is 20.7. The molecule has 0 saturated carbocycles. The number of fused-ring (bicyclic) bond motifs is 4. The van der Waals surface area contributed by atoms with Gasteiger partial charge in [-0.15, -0.1) is 0 Å². The lowest BCUT2D eigenvalue weighted by molar-refractivity contribution is 1.18. The number of nitrogens with zero attached hydrogens (tertiary/aromatic N) is 2. The first-order valence-electron chi connectivity index (χ1n) is 12.7. The summed E-state index contributed by atoms with van der Waals surface area (Å²) in [6, 6.07) is 50.1. The van der Waals surface area contributed by atoms with E-state index >= 15 is 0 Å². The van der Waals surface area contributed by atoms with Crippen molar-refractivity contribution in [2.45, 2.75) is 0 Å². The Balaban J connectivity index is 1.38. The highest BCUT2D eigenvalue weighted by atomic mass is 15.1. The van der Waals surface area contributed by atoms with Gasteiger partial charge in [-0.05, 0) is 82.6 Å². The van der Waals surface area contributed by atoms with Crippen molar-refractivity contribution >= 4 is 44.0 Å². The summed E-state index contributed by atoms with van der Waals surface area (Å²) in [6.45, 7) is 0. The molecule has 7 aromatic rings. The van der Waals surface area contributed by atoms with E-state index in [0.717, 1.165) is 0 Å². The topological polar surface area (TPSA) is 8.17 Å². The Morgan fingerprint density at radius 1 is 0.459 bits per heavy atom. The maximum absolute atomic E-state index is 2.39. The first-order valence-corrected chi connectivity index (χ1v) is 12.7. The highest BCUT2D eigenvalue weighted by molar-refractivity contribution is 6.14. The fourth-order valence-corrected chi connectivity index (χ4v) is 5.42. The number of benzene rings is 6. The van der Waals surface area contributed by atoms with E-state index in [-0.39, 0.29) is 0 Å². The number of anilines is 2. The number of rotatable bonds is 4. The Morgan fingerprint density at radius 2 is 1.03 bits per heavy atom. The Labute approximate surface area is 216 Å². The predicted octanol–water partition coefficient (Wildman–Crippen LogP) is 9.37. The second-order valence-electron chi connectivity index (χ2n) is 9.56. The van der Waals surface area contributed by atoms with E-state index in [1.165, 1.54) is 60.8 Å². The van der Waals surface area contributed by atoms with E-state index in [9.17, 15) is 0 Å². The minimum atomic E-state index is 1.17. The molecule has 0 spiro atoms. The fraction of sp³-hybridized carbons (Fsp3) is 0.0286. The van der Waals surface area contributed by atoms with Crippen LogP contribution in [-0.4, -0.2) is 11.6 Å². The second kappa shape index (κ2) is 8.69.